The highest BCUT2D eigenvalue weighted by Gasteiger charge is 2.05. The Morgan fingerprint density at radius 1 is 1.12 bits per heavy atom. The Balaban J connectivity index is 1.66. The van der Waals surface area contributed by atoms with E-state index in [1.807, 2.05) is 25.1 Å². The van der Waals surface area contributed by atoms with Gasteiger partial charge in [0.1, 0.15) is 6.54 Å². The molecule has 0 aromatic heterocycles. The molecule has 1 atom stereocenters. The maximum absolute atomic E-state index is 6.12. The molecule has 24 heavy (non-hydrogen) atoms. The van der Waals surface area contributed by atoms with Crippen LogP contribution in [0.15, 0.2) is 48.5 Å². The van der Waals surface area contributed by atoms with Gasteiger partial charge in [0.2, 0.25) is 0 Å². The van der Waals surface area contributed by atoms with Crippen LogP contribution in [0, 0.1) is 6.92 Å². The molecule has 3 nitrogen and oxygen atoms in total. The molecule has 0 saturated carbocycles. The molecule has 2 aromatic carbocycles. The molecule has 1 unspecified atom stereocenters. The maximum atomic E-state index is 6.12. The van der Waals surface area contributed by atoms with Gasteiger partial charge in [-0.05, 0) is 36.8 Å². The Labute approximate surface area is 155 Å². The third kappa shape index (κ3) is 6.11. The summed E-state index contributed by atoms with van der Waals surface area (Å²) < 4.78 is 0. The molecule has 3 N–H and O–H groups in total. The topological polar surface area (TPSA) is 28.5 Å². The fourth-order valence-corrected chi connectivity index (χ4v) is 2.92. The molecule has 0 radical (unpaired) electrons. The number of halogens is 1. The predicted molar refractivity (Wildman–Crippen MR) is 107 cm³/mol. The van der Waals surface area contributed by atoms with Gasteiger partial charge in [0.15, 0.2) is 5.11 Å². The molecule has 0 spiro atoms. The van der Waals surface area contributed by atoms with Crippen molar-refractivity contribution >= 4 is 34.6 Å². The number of anilines is 1. The summed E-state index contributed by atoms with van der Waals surface area (Å²) in [4.78, 5) is 1.49. The van der Waals surface area contributed by atoms with Crippen molar-refractivity contribution in [1.82, 2.24) is 5.32 Å². The smallest absolute Gasteiger partial charge is 0.170 e. The number of quaternary nitrogens is 1. The van der Waals surface area contributed by atoms with Crippen molar-refractivity contribution in [2.24, 2.45) is 0 Å². The van der Waals surface area contributed by atoms with E-state index in [4.69, 9.17) is 23.8 Å². The monoisotopic (exact) mass is 362 g/mol. The average Bonchev–Trinajstić information content (AvgIpc) is 2.57. The van der Waals surface area contributed by atoms with E-state index in [0.717, 1.165) is 42.3 Å². The number of nitrogens with one attached hydrogen (secondary N) is 3. The molecule has 2 rings (SSSR count). The van der Waals surface area contributed by atoms with Gasteiger partial charge in [-0.15, -0.1) is 0 Å². The number of hydrogen-bond donors (Lipinski definition) is 3. The zero-order chi connectivity index (χ0) is 17.4. The lowest BCUT2D eigenvalue weighted by molar-refractivity contribution is -0.893. The van der Waals surface area contributed by atoms with E-state index in [0.29, 0.717) is 5.11 Å². The van der Waals surface area contributed by atoms with Crippen LogP contribution < -0.4 is 15.5 Å². The molecule has 0 saturated heterocycles. The van der Waals surface area contributed by atoms with Gasteiger partial charge in [-0.2, -0.15) is 0 Å². The summed E-state index contributed by atoms with van der Waals surface area (Å²) in [6.07, 6.45) is 1.06. The van der Waals surface area contributed by atoms with Crippen molar-refractivity contribution < 1.29 is 4.90 Å². The number of thiocarbonyl (C=S) groups is 1. The molecular weight excluding hydrogens is 338 g/mol. The van der Waals surface area contributed by atoms with Gasteiger partial charge >= 0.3 is 0 Å². The van der Waals surface area contributed by atoms with Crippen molar-refractivity contribution in [2.75, 3.05) is 25.5 Å². The van der Waals surface area contributed by atoms with E-state index in [-0.39, 0.29) is 0 Å². The van der Waals surface area contributed by atoms with Crippen LogP contribution in [0.4, 0.5) is 5.69 Å². The standard InChI is InChI=1S/C19H24ClN3S/c1-15-17(20)10-6-11-18(15)22-19(24)21-12-7-13-23(2)14-16-8-4-3-5-9-16/h3-6,8-11H,7,12-14H2,1-2H3,(H2,21,22,24)/p+1. The highest BCUT2D eigenvalue weighted by molar-refractivity contribution is 7.80. The van der Waals surface area contributed by atoms with Crippen molar-refractivity contribution in [3.8, 4) is 0 Å². The molecule has 0 aliphatic heterocycles. The zero-order valence-corrected chi connectivity index (χ0v) is 15.8. The number of benzene rings is 2. The number of rotatable bonds is 7. The van der Waals surface area contributed by atoms with Gasteiger partial charge in [-0.25, -0.2) is 0 Å². The van der Waals surface area contributed by atoms with Crippen molar-refractivity contribution in [3.63, 3.8) is 0 Å². The molecule has 0 amide bonds. The van der Waals surface area contributed by atoms with E-state index < -0.39 is 0 Å². The highest BCUT2D eigenvalue weighted by atomic mass is 35.5. The van der Waals surface area contributed by atoms with Crippen LogP contribution in [-0.4, -0.2) is 25.2 Å². The predicted octanol–water partition coefficient (Wildman–Crippen LogP) is 3.04. The quantitative estimate of drug-likeness (QED) is 0.522. The van der Waals surface area contributed by atoms with Crippen LogP contribution in [0.5, 0.6) is 0 Å². The van der Waals surface area contributed by atoms with Gasteiger partial charge in [0, 0.05) is 29.2 Å². The SMILES string of the molecule is Cc1c(Cl)cccc1NC(=S)NCCC[NH+](C)Cc1ccccc1. The molecule has 5 heteroatoms. The van der Waals surface area contributed by atoms with E-state index in [9.17, 15) is 0 Å². The van der Waals surface area contributed by atoms with Gasteiger partial charge in [0.05, 0.1) is 13.6 Å². The van der Waals surface area contributed by atoms with Crippen LogP contribution in [-0.2, 0) is 6.54 Å². The Hall–Kier alpha value is -1.62. The lowest BCUT2D eigenvalue weighted by Gasteiger charge is -2.16. The fraction of sp³-hybridized carbons (Fsp3) is 0.316. The van der Waals surface area contributed by atoms with E-state index in [1.165, 1.54) is 10.5 Å². The zero-order valence-electron chi connectivity index (χ0n) is 14.2. The van der Waals surface area contributed by atoms with Crippen LogP contribution in [0.25, 0.3) is 0 Å². The van der Waals surface area contributed by atoms with Crippen LogP contribution in [0.2, 0.25) is 5.02 Å². The minimum absolute atomic E-state index is 0.640. The first-order valence-electron chi connectivity index (χ1n) is 8.21. The maximum Gasteiger partial charge on any atom is 0.170 e. The fourth-order valence-electron chi connectivity index (χ4n) is 2.53. The molecule has 0 fully saturated rings. The minimum Gasteiger partial charge on any atom is -0.362 e. The Kier molecular flexibility index (Phi) is 7.50. The summed E-state index contributed by atoms with van der Waals surface area (Å²) in [7, 11) is 2.22. The third-order valence-electron chi connectivity index (χ3n) is 3.93. The molecule has 2 aromatic rings. The third-order valence-corrected chi connectivity index (χ3v) is 4.59. The normalized spacial score (nSPS) is 11.8. The van der Waals surface area contributed by atoms with Gasteiger partial charge in [0.25, 0.3) is 0 Å². The summed E-state index contributed by atoms with van der Waals surface area (Å²) in [5, 5.41) is 7.85. The molecule has 0 bridgehead atoms. The number of hydrogen-bond acceptors (Lipinski definition) is 1. The lowest BCUT2D eigenvalue weighted by Crippen LogP contribution is -3.07. The Morgan fingerprint density at radius 3 is 2.62 bits per heavy atom. The molecule has 0 aliphatic carbocycles. The van der Waals surface area contributed by atoms with Crippen molar-refractivity contribution in [1.29, 1.82) is 0 Å². The molecular formula is C19H25ClN3S+. The van der Waals surface area contributed by atoms with Crippen molar-refractivity contribution in [2.45, 2.75) is 19.9 Å². The Bertz CT molecular complexity index is 661. The van der Waals surface area contributed by atoms with Gasteiger partial charge in [-0.3, -0.25) is 0 Å². The summed E-state index contributed by atoms with van der Waals surface area (Å²) in [6.45, 7) is 4.98. The molecule has 0 aliphatic rings. The molecule has 0 heterocycles. The van der Waals surface area contributed by atoms with E-state index in [2.05, 4.69) is 48.0 Å². The summed E-state index contributed by atoms with van der Waals surface area (Å²) in [6, 6.07) is 16.4. The van der Waals surface area contributed by atoms with Crippen molar-refractivity contribution in [3.05, 3.63) is 64.7 Å². The summed E-state index contributed by atoms with van der Waals surface area (Å²) in [5.74, 6) is 0. The first kappa shape index (κ1) is 18.7. The van der Waals surface area contributed by atoms with Crippen LogP contribution in [0.1, 0.15) is 17.5 Å². The first-order chi connectivity index (χ1) is 11.6. The first-order valence-corrected chi connectivity index (χ1v) is 9.00. The Morgan fingerprint density at radius 2 is 1.88 bits per heavy atom. The largest absolute Gasteiger partial charge is 0.362 e. The van der Waals surface area contributed by atoms with Crippen LogP contribution >= 0.6 is 23.8 Å². The van der Waals surface area contributed by atoms with E-state index >= 15 is 0 Å². The average molecular weight is 363 g/mol. The lowest BCUT2D eigenvalue weighted by atomic mass is 10.2. The second kappa shape index (κ2) is 9.62. The minimum atomic E-state index is 0.640. The summed E-state index contributed by atoms with van der Waals surface area (Å²) in [5.41, 5.74) is 3.33. The summed E-state index contributed by atoms with van der Waals surface area (Å²) >= 11 is 11.5. The highest BCUT2D eigenvalue weighted by Crippen LogP contribution is 2.22. The van der Waals surface area contributed by atoms with Crippen LogP contribution in [0.3, 0.4) is 0 Å². The van der Waals surface area contributed by atoms with Gasteiger partial charge < -0.3 is 15.5 Å². The van der Waals surface area contributed by atoms with E-state index in [1.54, 1.807) is 0 Å². The molecule has 128 valence electrons. The second-order valence-corrected chi connectivity index (χ2v) is 6.83. The van der Waals surface area contributed by atoms with Gasteiger partial charge in [-0.1, -0.05) is 48.0 Å². The second-order valence-electron chi connectivity index (χ2n) is 6.02.